The van der Waals surface area contributed by atoms with Gasteiger partial charge in [-0.15, -0.1) is 0 Å². The molecule has 0 aromatic carbocycles. The Balaban J connectivity index is 1.29. The topological polar surface area (TPSA) is 59.4 Å². The normalized spacial score (nSPS) is 26.2. The summed E-state index contributed by atoms with van der Waals surface area (Å²) < 4.78 is 7.97. The number of aromatic nitrogens is 2. The molecule has 2 fully saturated rings. The van der Waals surface area contributed by atoms with Crippen LogP contribution in [0.25, 0.3) is 0 Å². The first-order chi connectivity index (χ1) is 12.5. The van der Waals surface area contributed by atoms with E-state index in [-0.39, 0.29) is 17.4 Å². The molecule has 1 saturated heterocycles. The molecule has 1 aromatic rings. The second kappa shape index (κ2) is 7.31. The molecular weight excluding hydrogens is 328 g/mol. The summed E-state index contributed by atoms with van der Waals surface area (Å²) in [4.78, 5) is 14.6. The fourth-order valence-corrected chi connectivity index (χ4v) is 4.49. The molecular formula is C20H32N4O2. The SMILES string of the molecule is CC1(C)CC(CN2CCn3nc(CNC(=O)C4CCC4)cc3C2)CCO1. The molecule has 1 N–H and O–H groups in total. The van der Waals surface area contributed by atoms with E-state index >= 15 is 0 Å². The zero-order valence-electron chi connectivity index (χ0n) is 16.2. The number of fused-ring (bicyclic) bond motifs is 1. The van der Waals surface area contributed by atoms with Crippen LogP contribution in [0.4, 0.5) is 0 Å². The van der Waals surface area contributed by atoms with Crippen molar-refractivity contribution in [2.75, 3.05) is 19.7 Å². The fraction of sp³-hybridized carbons (Fsp3) is 0.800. The molecule has 0 bridgehead atoms. The van der Waals surface area contributed by atoms with E-state index in [4.69, 9.17) is 4.74 Å². The molecule has 3 heterocycles. The lowest BCUT2D eigenvalue weighted by Gasteiger charge is -2.38. The van der Waals surface area contributed by atoms with Crippen molar-refractivity contribution in [3.05, 3.63) is 17.5 Å². The van der Waals surface area contributed by atoms with Gasteiger partial charge in [0.1, 0.15) is 0 Å². The highest BCUT2D eigenvalue weighted by atomic mass is 16.5. The van der Waals surface area contributed by atoms with Crippen LogP contribution in [0.5, 0.6) is 0 Å². The highest BCUT2D eigenvalue weighted by Crippen LogP contribution is 2.30. The van der Waals surface area contributed by atoms with E-state index in [0.717, 1.165) is 70.1 Å². The zero-order chi connectivity index (χ0) is 18.1. The van der Waals surface area contributed by atoms with E-state index in [9.17, 15) is 4.79 Å². The van der Waals surface area contributed by atoms with Crippen LogP contribution in [0.15, 0.2) is 6.07 Å². The molecule has 1 aromatic heterocycles. The van der Waals surface area contributed by atoms with Crippen LogP contribution < -0.4 is 5.32 Å². The average Bonchev–Trinajstić information content (AvgIpc) is 2.92. The molecule has 4 rings (SSSR count). The second-order valence-corrected chi connectivity index (χ2v) is 8.90. The highest BCUT2D eigenvalue weighted by molar-refractivity contribution is 5.79. The van der Waals surface area contributed by atoms with Crippen LogP contribution in [0, 0.1) is 11.8 Å². The summed E-state index contributed by atoms with van der Waals surface area (Å²) in [5.41, 5.74) is 2.28. The van der Waals surface area contributed by atoms with E-state index in [1.807, 2.05) is 0 Å². The Bertz CT molecular complexity index is 650. The van der Waals surface area contributed by atoms with Gasteiger partial charge in [0.15, 0.2) is 0 Å². The standard InChI is InChI=1S/C20H32N4O2/c1-20(2)11-15(6-9-26-20)13-23-7-8-24-18(14-23)10-17(22-24)12-21-19(25)16-4-3-5-16/h10,15-16H,3-9,11-14H2,1-2H3,(H,21,25). The molecule has 1 atom stereocenters. The van der Waals surface area contributed by atoms with E-state index in [1.54, 1.807) is 0 Å². The van der Waals surface area contributed by atoms with Gasteiger partial charge in [-0.3, -0.25) is 14.4 Å². The lowest BCUT2D eigenvalue weighted by Crippen LogP contribution is -2.42. The summed E-state index contributed by atoms with van der Waals surface area (Å²) in [6, 6.07) is 2.17. The molecule has 1 saturated carbocycles. The van der Waals surface area contributed by atoms with Crippen molar-refractivity contribution < 1.29 is 9.53 Å². The van der Waals surface area contributed by atoms with Crippen molar-refractivity contribution in [1.29, 1.82) is 0 Å². The number of carbonyl (C=O) groups is 1. The fourth-order valence-electron chi connectivity index (χ4n) is 4.49. The lowest BCUT2D eigenvalue weighted by atomic mass is 9.85. The van der Waals surface area contributed by atoms with E-state index in [0.29, 0.717) is 6.54 Å². The summed E-state index contributed by atoms with van der Waals surface area (Å²) in [7, 11) is 0. The maximum atomic E-state index is 12.0. The third-order valence-corrected chi connectivity index (χ3v) is 6.16. The third kappa shape index (κ3) is 4.12. The molecule has 26 heavy (non-hydrogen) atoms. The largest absolute Gasteiger partial charge is 0.376 e. The molecule has 1 unspecified atom stereocenters. The number of hydrogen-bond acceptors (Lipinski definition) is 4. The Hall–Kier alpha value is -1.40. The maximum absolute atomic E-state index is 12.0. The molecule has 3 aliphatic rings. The van der Waals surface area contributed by atoms with Crippen molar-refractivity contribution >= 4 is 5.91 Å². The average molecular weight is 361 g/mol. The third-order valence-electron chi connectivity index (χ3n) is 6.16. The summed E-state index contributed by atoms with van der Waals surface area (Å²) in [6.07, 6.45) is 5.59. The number of carbonyl (C=O) groups excluding carboxylic acids is 1. The van der Waals surface area contributed by atoms with Gasteiger partial charge >= 0.3 is 0 Å². The van der Waals surface area contributed by atoms with Crippen molar-refractivity contribution in [1.82, 2.24) is 20.0 Å². The van der Waals surface area contributed by atoms with E-state index in [1.165, 1.54) is 12.1 Å². The van der Waals surface area contributed by atoms with Gasteiger partial charge < -0.3 is 10.1 Å². The summed E-state index contributed by atoms with van der Waals surface area (Å²) in [5, 5.41) is 7.74. The van der Waals surface area contributed by atoms with Crippen molar-refractivity contribution in [2.45, 2.75) is 71.2 Å². The predicted octanol–water partition coefficient (Wildman–Crippen LogP) is 2.32. The van der Waals surface area contributed by atoms with E-state index < -0.39 is 0 Å². The van der Waals surface area contributed by atoms with Crippen molar-refractivity contribution in [2.24, 2.45) is 11.8 Å². The number of nitrogens with one attached hydrogen (secondary N) is 1. The number of nitrogens with zero attached hydrogens (tertiary/aromatic N) is 3. The number of rotatable bonds is 5. The quantitative estimate of drug-likeness (QED) is 0.875. The van der Waals surface area contributed by atoms with Crippen LogP contribution in [0.2, 0.25) is 0 Å². The van der Waals surface area contributed by atoms with Gasteiger partial charge in [0.25, 0.3) is 0 Å². The first-order valence-corrected chi connectivity index (χ1v) is 10.2. The maximum Gasteiger partial charge on any atom is 0.223 e. The highest BCUT2D eigenvalue weighted by Gasteiger charge is 2.31. The molecule has 0 spiro atoms. The first kappa shape index (κ1) is 18.0. The Labute approximate surface area is 156 Å². The first-order valence-electron chi connectivity index (χ1n) is 10.2. The van der Waals surface area contributed by atoms with Gasteiger partial charge in [0.2, 0.25) is 5.91 Å². The monoisotopic (exact) mass is 360 g/mol. The van der Waals surface area contributed by atoms with Gasteiger partial charge in [0, 0.05) is 32.2 Å². The Morgan fingerprint density at radius 1 is 1.35 bits per heavy atom. The Morgan fingerprint density at radius 2 is 2.19 bits per heavy atom. The number of hydrogen-bond donors (Lipinski definition) is 1. The van der Waals surface area contributed by atoms with Crippen LogP contribution in [-0.2, 0) is 29.2 Å². The van der Waals surface area contributed by atoms with Crippen LogP contribution in [0.1, 0.15) is 57.3 Å². The summed E-state index contributed by atoms with van der Waals surface area (Å²) >= 11 is 0. The molecule has 1 amide bonds. The van der Waals surface area contributed by atoms with Crippen LogP contribution in [0.3, 0.4) is 0 Å². The number of ether oxygens (including phenoxy) is 1. The van der Waals surface area contributed by atoms with Gasteiger partial charge in [-0.05, 0) is 51.5 Å². The molecule has 2 aliphatic heterocycles. The summed E-state index contributed by atoms with van der Waals surface area (Å²) in [5.74, 6) is 1.16. The van der Waals surface area contributed by atoms with Crippen LogP contribution in [-0.4, -0.2) is 45.9 Å². The van der Waals surface area contributed by atoms with Gasteiger partial charge in [-0.25, -0.2) is 0 Å². The molecule has 144 valence electrons. The zero-order valence-corrected chi connectivity index (χ0v) is 16.2. The molecule has 1 aliphatic carbocycles. The summed E-state index contributed by atoms with van der Waals surface area (Å²) in [6.45, 7) is 9.95. The van der Waals surface area contributed by atoms with Gasteiger partial charge in [0.05, 0.1) is 30.1 Å². The molecule has 0 radical (unpaired) electrons. The minimum absolute atomic E-state index is 0.0201. The lowest BCUT2D eigenvalue weighted by molar-refractivity contribution is -0.127. The smallest absolute Gasteiger partial charge is 0.223 e. The molecule has 6 heteroatoms. The Morgan fingerprint density at radius 3 is 2.92 bits per heavy atom. The minimum Gasteiger partial charge on any atom is -0.376 e. The van der Waals surface area contributed by atoms with Crippen molar-refractivity contribution in [3.8, 4) is 0 Å². The number of amides is 1. The van der Waals surface area contributed by atoms with Gasteiger partial charge in [-0.1, -0.05) is 6.42 Å². The Kier molecular flexibility index (Phi) is 5.06. The predicted molar refractivity (Wildman–Crippen MR) is 99.4 cm³/mol. The van der Waals surface area contributed by atoms with Crippen molar-refractivity contribution in [3.63, 3.8) is 0 Å². The second-order valence-electron chi connectivity index (χ2n) is 8.90. The van der Waals surface area contributed by atoms with Crippen LogP contribution >= 0.6 is 0 Å². The molecule has 6 nitrogen and oxygen atoms in total. The van der Waals surface area contributed by atoms with E-state index in [2.05, 4.69) is 39.9 Å². The minimum atomic E-state index is 0.0201. The van der Waals surface area contributed by atoms with Gasteiger partial charge in [-0.2, -0.15) is 5.10 Å².